The molecule has 5 rings (SSSR count). The average molecular weight is 383 g/mol. The normalized spacial score (nSPS) is 18.2. The van der Waals surface area contributed by atoms with Gasteiger partial charge in [0.2, 0.25) is 12.7 Å². The number of ether oxygens (including phenoxy) is 3. The number of tetrazole rings is 1. The van der Waals surface area contributed by atoms with Gasteiger partial charge in [0.15, 0.2) is 17.1 Å². The average Bonchev–Trinajstić information content (AvgIpc) is 3.45. The van der Waals surface area contributed by atoms with Gasteiger partial charge >= 0.3 is 0 Å². The van der Waals surface area contributed by atoms with E-state index in [-0.39, 0.29) is 18.8 Å². The van der Waals surface area contributed by atoms with Gasteiger partial charge in [0.25, 0.3) is 0 Å². The summed E-state index contributed by atoms with van der Waals surface area (Å²) in [6.07, 6.45) is 2.56. The number of benzene rings is 1. The molecule has 0 radical (unpaired) electrons. The number of fused-ring (bicyclic) bond motifs is 4. The number of rotatable bonds is 5. The monoisotopic (exact) mass is 383 g/mol. The molecule has 0 saturated carbocycles. The predicted octanol–water partition coefficient (Wildman–Crippen LogP) is 1.92. The van der Waals surface area contributed by atoms with E-state index in [4.69, 9.17) is 14.2 Å². The highest BCUT2D eigenvalue weighted by Crippen LogP contribution is 2.36. The third-order valence-corrected chi connectivity index (χ3v) is 5.30. The lowest BCUT2D eigenvalue weighted by Crippen LogP contribution is -2.36. The minimum atomic E-state index is 0.0897. The number of carbonyl (C=O) groups is 1. The van der Waals surface area contributed by atoms with Crippen molar-refractivity contribution in [2.24, 2.45) is 0 Å². The summed E-state index contributed by atoms with van der Waals surface area (Å²) in [7, 11) is 0. The molecule has 1 saturated heterocycles. The Kier molecular flexibility index (Phi) is 4.23. The molecular formula is C19H21N5O4. The predicted molar refractivity (Wildman–Crippen MR) is 99.1 cm³/mol. The minimum Gasteiger partial charge on any atom is -0.454 e. The summed E-state index contributed by atoms with van der Waals surface area (Å²) in [6.45, 7) is 3.86. The van der Waals surface area contributed by atoms with Crippen molar-refractivity contribution in [1.29, 1.82) is 0 Å². The van der Waals surface area contributed by atoms with Crippen molar-refractivity contribution >= 4 is 22.5 Å². The molecule has 1 atom stereocenters. The molecule has 0 aliphatic carbocycles. The van der Waals surface area contributed by atoms with Crippen molar-refractivity contribution in [2.45, 2.75) is 38.8 Å². The summed E-state index contributed by atoms with van der Waals surface area (Å²) in [6, 6.07) is 5.83. The molecule has 0 spiro atoms. The number of nitrogens with zero attached hydrogens (tertiary/aromatic N) is 5. The Morgan fingerprint density at radius 2 is 2.14 bits per heavy atom. The van der Waals surface area contributed by atoms with E-state index in [9.17, 15) is 4.79 Å². The lowest BCUT2D eigenvalue weighted by molar-refractivity contribution is -0.133. The largest absolute Gasteiger partial charge is 0.454 e. The van der Waals surface area contributed by atoms with Gasteiger partial charge in [-0.1, -0.05) is 6.92 Å². The second kappa shape index (κ2) is 6.90. The Balaban J connectivity index is 1.55. The van der Waals surface area contributed by atoms with Crippen LogP contribution >= 0.6 is 0 Å². The molecule has 2 aliphatic rings. The van der Waals surface area contributed by atoms with Gasteiger partial charge in [-0.25, -0.2) is 0 Å². The van der Waals surface area contributed by atoms with Crippen LogP contribution in [0.15, 0.2) is 18.2 Å². The Hall–Kier alpha value is -2.94. The van der Waals surface area contributed by atoms with Crippen LogP contribution < -0.4 is 9.47 Å². The molecule has 0 N–H and O–H groups in total. The first-order valence-corrected chi connectivity index (χ1v) is 9.55. The van der Waals surface area contributed by atoms with Crippen LogP contribution in [0.4, 0.5) is 0 Å². The maximum Gasteiger partial charge on any atom is 0.231 e. The Morgan fingerprint density at radius 3 is 2.93 bits per heavy atom. The standard InChI is InChI=1S/C19H21N5O4/c1-2-18(25)23(10-14-4-3-5-26-14)9-13-6-12-7-16-17(28-11-27-16)8-15(12)24-19(13)20-21-22-24/h6-8,14H,2-5,9-11H2,1H3/t14-/m0/s1. The van der Waals surface area contributed by atoms with E-state index in [1.165, 1.54) is 0 Å². The van der Waals surface area contributed by atoms with Gasteiger partial charge in [-0.15, -0.1) is 5.10 Å². The van der Waals surface area contributed by atoms with Gasteiger partial charge in [0, 0.05) is 43.1 Å². The van der Waals surface area contributed by atoms with Crippen LogP contribution in [0.3, 0.4) is 0 Å². The van der Waals surface area contributed by atoms with E-state index in [2.05, 4.69) is 15.5 Å². The molecule has 1 amide bonds. The van der Waals surface area contributed by atoms with Crippen molar-refractivity contribution in [3.63, 3.8) is 0 Å². The molecule has 1 aromatic carbocycles. The maximum atomic E-state index is 12.6. The van der Waals surface area contributed by atoms with E-state index in [1.54, 1.807) is 4.52 Å². The first kappa shape index (κ1) is 17.2. The lowest BCUT2D eigenvalue weighted by Gasteiger charge is -2.25. The Labute approximate surface area is 161 Å². The van der Waals surface area contributed by atoms with Crippen LogP contribution in [0.5, 0.6) is 11.5 Å². The first-order valence-electron chi connectivity index (χ1n) is 9.55. The summed E-state index contributed by atoms with van der Waals surface area (Å²) in [5.41, 5.74) is 2.35. The molecule has 9 nitrogen and oxygen atoms in total. The van der Waals surface area contributed by atoms with Gasteiger partial charge in [-0.2, -0.15) is 4.52 Å². The summed E-state index contributed by atoms with van der Waals surface area (Å²) in [5.74, 6) is 1.47. The van der Waals surface area contributed by atoms with Crippen LogP contribution in [0.2, 0.25) is 0 Å². The number of carbonyl (C=O) groups excluding carboxylic acids is 1. The smallest absolute Gasteiger partial charge is 0.231 e. The van der Waals surface area contributed by atoms with E-state index in [0.29, 0.717) is 36.7 Å². The SMILES string of the molecule is CCC(=O)N(Cc1cc2cc3c(cc2n2nnnc12)OCO3)C[C@@H]1CCCO1. The zero-order valence-corrected chi connectivity index (χ0v) is 15.6. The third kappa shape index (κ3) is 2.91. The molecule has 3 aromatic rings. The van der Waals surface area contributed by atoms with Crippen LogP contribution in [0, 0.1) is 0 Å². The maximum absolute atomic E-state index is 12.6. The van der Waals surface area contributed by atoms with Crippen LogP contribution in [0.1, 0.15) is 31.7 Å². The molecule has 2 aliphatic heterocycles. The molecule has 28 heavy (non-hydrogen) atoms. The van der Waals surface area contributed by atoms with Crippen LogP contribution in [0.25, 0.3) is 16.6 Å². The van der Waals surface area contributed by atoms with Gasteiger partial charge < -0.3 is 19.1 Å². The van der Waals surface area contributed by atoms with Crippen molar-refractivity contribution in [1.82, 2.24) is 24.9 Å². The van der Waals surface area contributed by atoms with Crippen molar-refractivity contribution in [2.75, 3.05) is 19.9 Å². The highest BCUT2D eigenvalue weighted by Gasteiger charge is 2.24. The highest BCUT2D eigenvalue weighted by atomic mass is 16.7. The van der Waals surface area contributed by atoms with Gasteiger partial charge in [-0.3, -0.25) is 4.79 Å². The van der Waals surface area contributed by atoms with Crippen LogP contribution in [-0.2, 0) is 16.1 Å². The van der Waals surface area contributed by atoms with Crippen molar-refractivity contribution < 1.29 is 19.0 Å². The second-order valence-electron chi connectivity index (χ2n) is 7.11. The summed E-state index contributed by atoms with van der Waals surface area (Å²) < 4.78 is 18.4. The van der Waals surface area contributed by atoms with Crippen LogP contribution in [-0.4, -0.2) is 56.9 Å². The summed E-state index contributed by atoms with van der Waals surface area (Å²) in [4.78, 5) is 14.4. The quantitative estimate of drug-likeness (QED) is 0.665. The number of hydrogen-bond donors (Lipinski definition) is 0. The zero-order valence-electron chi connectivity index (χ0n) is 15.6. The van der Waals surface area contributed by atoms with E-state index < -0.39 is 0 Å². The Morgan fingerprint density at radius 1 is 1.29 bits per heavy atom. The van der Waals surface area contributed by atoms with E-state index in [0.717, 1.165) is 35.9 Å². The van der Waals surface area contributed by atoms with E-state index >= 15 is 0 Å². The first-order chi connectivity index (χ1) is 13.7. The molecule has 4 heterocycles. The number of aromatic nitrogens is 4. The molecule has 2 aromatic heterocycles. The number of hydrogen-bond acceptors (Lipinski definition) is 7. The molecule has 0 unspecified atom stereocenters. The number of amides is 1. The van der Waals surface area contributed by atoms with Gasteiger partial charge in [0.05, 0.1) is 11.6 Å². The van der Waals surface area contributed by atoms with Gasteiger partial charge in [0.1, 0.15) is 0 Å². The number of pyridine rings is 1. The molecule has 9 heteroatoms. The fourth-order valence-corrected chi connectivity index (χ4v) is 3.88. The van der Waals surface area contributed by atoms with E-state index in [1.807, 2.05) is 30.0 Å². The lowest BCUT2D eigenvalue weighted by atomic mass is 10.1. The molecule has 146 valence electrons. The molecular weight excluding hydrogens is 362 g/mol. The molecule has 0 bridgehead atoms. The van der Waals surface area contributed by atoms with Crippen molar-refractivity contribution in [3.8, 4) is 11.5 Å². The summed E-state index contributed by atoms with van der Waals surface area (Å²) >= 11 is 0. The van der Waals surface area contributed by atoms with Gasteiger partial charge in [-0.05, 0) is 35.4 Å². The minimum absolute atomic E-state index is 0.0897. The fourth-order valence-electron chi connectivity index (χ4n) is 3.88. The Bertz CT molecular complexity index is 1040. The topological polar surface area (TPSA) is 91.1 Å². The zero-order chi connectivity index (χ0) is 19.1. The molecule has 1 fully saturated rings. The second-order valence-corrected chi connectivity index (χ2v) is 7.11. The highest BCUT2D eigenvalue weighted by molar-refractivity contribution is 5.87. The van der Waals surface area contributed by atoms with Crippen molar-refractivity contribution in [3.05, 3.63) is 23.8 Å². The third-order valence-electron chi connectivity index (χ3n) is 5.30. The summed E-state index contributed by atoms with van der Waals surface area (Å²) in [5, 5.41) is 13.1. The fraction of sp³-hybridized carbons (Fsp3) is 0.474.